The van der Waals surface area contributed by atoms with Gasteiger partial charge in [-0.2, -0.15) is 0 Å². The highest BCUT2D eigenvalue weighted by Gasteiger charge is 2.36. The third-order valence-electron chi connectivity index (χ3n) is 16.0. The fourth-order valence-corrected chi connectivity index (χ4v) is 11.0. The van der Waals surface area contributed by atoms with Crippen LogP contribution in [0.1, 0.15) is 112 Å². The van der Waals surface area contributed by atoms with Gasteiger partial charge in [-0.15, -0.1) is 0 Å². The number of nitrogens with one attached hydrogen (secondary N) is 3. The molecule has 0 saturated heterocycles. The van der Waals surface area contributed by atoms with Gasteiger partial charge in [0, 0.05) is 36.3 Å². The molecule has 0 radical (unpaired) electrons. The average Bonchev–Trinajstić information content (AvgIpc) is 1.22. The molecular weight excluding hydrogens is 1200 g/mol. The molecule has 496 valence electrons. The Morgan fingerprint density at radius 2 is 0.957 bits per heavy atom. The summed E-state index contributed by atoms with van der Waals surface area (Å²) >= 11 is 0. The largest absolute Gasteiger partial charge is 0.508 e. The summed E-state index contributed by atoms with van der Waals surface area (Å²) in [5, 5.41) is 46.0. The minimum absolute atomic E-state index is 0.0258. The molecule has 3 aliphatic heterocycles. The third-order valence-corrected chi connectivity index (χ3v) is 16.0. The van der Waals surface area contributed by atoms with E-state index < -0.39 is 79.4 Å². The quantitative estimate of drug-likeness (QED) is 0.0297. The van der Waals surface area contributed by atoms with Crippen LogP contribution < -0.4 is 31.0 Å². The monoisotopic (exact) mass is 1290 g/mol. The lowest BCUT2D eigenvalue weighted by Gasteiger charge is -2.38. The van der Waals surface area contributed by atoms with Gasteiger partial charge in [-0.1, -0.05) is 96.2 Å². The van der Waals surface area contributed by atoms with Crippen LogP contribution in [0.5, 0.6) is 17.2 Å². The number of benzene rings is 6. The number of methoxy groups -OCH3 is 2. The van der Waals surface area contributed by atoms with E-state index in [-0.39, 0.29) is 58.3 Å². The minimum atomic E-state index is -0.930. The zero-order valence-electron chi connectivity index (χ0n) is 54.0. The number of phenols is 1. The number of carboxylic acids is 1. The molecule has 0 fully saturated rings. The standard InChI is InChI=1S/C24H29BF2N2O3.C22H24F2N2O2.C18H17F2NO.C6H14BNO3/c1-15(2)23(28-25(3)31)24(30)29-11-10-16(20-14-18(26)8-9-21(20)27)13-22(29)17-6-5-7-19(12-17)32-4;1-13(2)21(25)22(28)26-9-8-14(18-12-16(23)6-7-19(18)24)11-20(26)15-4-3-5-17(27)10-15;1-22-15-4-2-3-13(9-15)18-10-12(7-8-21-18)16-11-14(19)5-6-17(16)20;1-4(2)5(6(9)10)8-7(3)11/h5-9,12-15,22-23,28,31H,10-11H2,1-4H3;3-7,10-13,20-21,27H,8-9,25H2,1-2H3;2-6,9-11,18,21H,7-8H2,1H3;4-5,8,11H,1-3H3,(H,9,10)/t22?,23-;20?,21-;;5-/m00.0/s1. The molecule has 0 aliphatic carbocycles. The predicted octanol–water partition coefficient (Wildman–Crippen LogP) is 12.0. The third kappa shape index (κ3) is 20.7. The molecule has 6 atom stereocenters. The summed E-state index contributed by atoms with van der Waals surface area (Å²) in [6, 6.07) is 28.9. The second-order valence-corrected chi connectivity index (χ2v) is 24.0. The van der Waals surface area contributed by atoms with E-state index in [2.05, 4.69) is 15.8 Å². The first-order chi connectivity index (χ1) is 44.1. The lowest BCUT2D eigenvalue weighted by Crippen LogP contribution is -2.54. The number of halogens is 6. The van der Waals surface area contributed by atoms with Crippen molar-refractivity contribution in [1.82, 2.24) is 25.6 Å². The van der Waals surface area contributed by atoms with Crippen LogP contribution in [0.4, 0.5) is 26.3 Å². The zero-order valence-corrected chi connectivity index (χ0v) is 54.0. The number of hydrogen-bond donors (Lipinski definition) is 8. The maximum atomic E-state index is 14.5. The number of hydrogen-bond acceptors (Lipinski definition) is 12. The fraction of sp³-hybridized carbons (Fsp3) is 0.357. The van der Waals surface area contributed by atoms with Crippen LogP contribution in [0.3, 0.4) is 0 Å². The summed E-state index contributed by atoms with van der Waals surface area (Å²) < 4.78 is 94.2. The first kappa shape index (κ1) is 73.9. The van der Waals surface area contributed by atoms with Crippen molar-refractivity contribution in [3.8, 4) is 17.2 Å². The Morgan fingerprint density at radius 1 is 0.548 bits per heavy atom. The van der Waals surface area contributed by atoms with Gasteiger partial charge in [0.05, 0.1) is 44.4 Å². The van der Waals surface area contributed by atoms with Gasteiger partial charge >= 0.3 is 20.1 Å². The molecule has 0 spiro atoms. The van der Waals surface area contributed by atoms with E-state index in [1.807, 2.05) is 82.3 Å². The number of aliphatic carboxylic acids is 1. The highest BCUT2D eigenvalue weighted by Crippen LogP contribution is 2.39. The Morgan fingerprint density at radius 3 is 1.37 bits per heavy atom. The van der Waals surface area contributed by atoms with Crippen LogP contribution in [0.2, 0.25) is 13.6 Å². The van der Waals surface area contributed by atoms with Gasteiger partial charge in [-0.25, -0.2) is 26.3 Å². The number of carbonyl (C=O) groups excluding carboxylic acids is 2. The maximum absolute atomic E-state index is 14.5. The van der Waals surface area contributed by atoms with E-state index in [0.717, 1.165) is 58.8 Å². The van der Waals surface area contributed by atoms with Crippen LogP contribution in [-0.2, 0) is 14.4 Å². The van der Waals surface area contributed by atoms with Crippen molar-refractivity contribution in [1.29, 1.82) is 0 Å². The van der Waals surface area contributed by atoms with Gasteiger partial charge in [0.2, 0.25) is 11.8 Å². The van der Waals surface area contributed by atoms with E-state index in [1.165, 1.54) is 31.1 Å². The van der Waals surface area contributed by atoms with Crippen LogP contribution in [0, 0.1) is 52.7 Å². The van der Waals surface area contributed by atoms with Crippen LogP contribution >= 0.6 is 0 Å². The van der Waals surface area contributed by atoms with Crippen LogP contribution in [-0.4, -0.2) is 114 Å². The second kappa shape index (κ2) is 34.6. The summed E-state index contributed by atoms with van der Waals surface area (Å²) in [7, 11) is 1.56. The maximum Gasteiger partial charge on any atom is 0.374 e. The van der Waals surface area contributed by atoms with Gasteiger partial charge in [0.25, 0.3) is 0 Å². The van der Waals surface area contributed by atoms with Gasteiger partial charge in [-0.3, -0.25) is 14.4 Å². The SMILES string of the molecule is CB(O)N[C@H](C(=O)O)C(C)C.CC(C)[C@H](N)C(=O)N1CCC(c2cc(F)ccc2F)=CC1c1cccc(O)c1.COc1cccc(C2C=C(c3cc(F)ccc3F)CCN2)c1.COc1cccc(C2C=C(c3cc(F)ccc3F)CCN2C(=O)[C@@H](NB(C)O)C(C)C)c1. The summed E-state index contributed by atoms with van der Waals surface area (Å²) in [5.41, 5.74) is 11.4. The van der Waals surface area contributed by atoms with Crippen LogP contribution in [0.25, 0.3) is 16.7 Å². The van der Waals surface area contributed by atoms with E-state index >= 15 is 0 Å². The summed E-state index contributed by atoms with van der Waals surface area (Å²) in [6.07, 6.45) is 6.95. The van der Waals surface area contributed by atoms with E-state index in [4.69, 9.17) is 25.3 Å². The smallest absolute Gasteiger partial charge is 0.374 e. The second-order valence-electron chi connectivity index (χ2n) is 24.0. The molecule has 6 aromatic rings. The number of ether oxygens (including phenoxy) is 2. The Balaban J connectivity index is 0.000000207. The molecule has 3 unspecified atom stereocenters. The van der Waals surface area contributed by atoms with Crippen molar-refractivity contribution in [3.63, 3.8) is 0 Å². The highest BCUT2D eigenvalue weighted by atomic mass is 19.1. The fourth-order valence-electron chi connectivity index (χ4n) is 11.0. The number of nitrogens with zero attached hydrogens (tertiary/aromatic N) is 2. The first-order valence-corrected chi connectivity index (χ1v) is 30.9. The van der Waals surface area contributed by atoms with Crippen molar-refractivity contribution in [3.05, 3.63) is 214 Å². The molecule has 93 heavy (non-hydrogen) atoms. The van der Waals surface area contributed by atoms with E-state index in [1.54, 1.807) is 75.0 Å². The molecule has 2 amide bonds. The zero-order chi connectivity index (χ0) is 68.4. The van der Waals surface area contributed by atoms with E-state index in [0.29, 0.717) is 66.9 Å². The Labute approximate surface area is 541 Å². The molecule has 23 heteroatoms. The van der Waals surface area contributed by atoms with Gasteiger partial charge in [0.1, 0.15) is 58.2 Å². The molecule has 9 N–H and O–H groups in total. The van der Waals surface area contributed by atoms with Gasteiger partial charge < -0.3 is 61.0 Å². The van der Waals surface area contributed by atoms with Crippen molar-refractivity contribution in [2.45, 2.75) is 111 Å². The normalized spacial score (nSPS) is 17.2. The molecule has 9 rings (SSSR count). The molecular formula is C70H84B2F6N6O9. The molecule has 0 bridgehead atoms. The van der Waals surface area contributed by atoms with Gasteiger partial charge in [-0.05, 0) is 175 Å². The molecule has 3 heterocycles. The number of carbonyl (C=O) groups is 3. The topological polar surface area (TPSA) is 219 Å². The van der Waals surface area contributed by atoms with Crippen molar-refractivity contribution >= 4 is 48.6 Å². The summed E-state index contributed by atoms with van der Waals surface area (Å²) in [5.74, 6) is -2.82. The number of aromatic hydroxyl groups is 1. The van der Waals surface area contributed by atoms with Crippen molar-refractivity contribution < 1.29 is 70.5 Å². The average molecular weight is 1290 g/mol. The van der Waals surface area contributed by atoms with Crippen LogP contribution in [0.15, 0.2) is 146 Å². The molecule has 6 aromatic carbocycles. The Hall–Kier alpha value is -8.18. The predicted molar refractivity (Wildman–Crippen MR) is 352 cm³/mol. The molecule has 0 aromatic heterocycles. The van der Waals surface area contributed by atoms with E-state index in [9.17, 15) is 50.9 Å². The molecule has 3 aliphatic rings. The number of nitrogens with two attached hydrogens (primary N) is 1. The number of carboxylic acid groups (broad SMARTS) is 1. The number of amides is 2. The van der Waals surface area contributed by atoms with Crippen molar-refractivity contribution in [2.24, 2.45) is 23.5 Å². The lowest BCUT2D eigenvalue weighted by molar-refractivity contribution is -0.140. The Kier molecular flexibility index (Phi) is 27.5. The number of rotatable bonds is 18. The first-order valence-electron chi connectivity index (χ1n) is 30.9. The highest BCUT2D eigenvalue weighted by molar-refractivity contribution is 6.46. The van der Waals surface area contributed by atoms with Gasteiger partial charge in [0.15, 0.2) is 0 Å². The minimum Gasteiger partial charge on any atom is -0.508 e. The lowest BCUT2D eigenvalue weighted by atomic mass is 9.84. The molecule has 15 nitrogen and oxygen atoms in total. The molecule has 0 saturated carbocycles. The Bertz CT molecular complexity index is 3610. The summed E-state index contributed by atoms with van der Waals surface area (Å²) in [6.45, 7) is 15.6. The summed E-state index contributed by atoms with van der Waals surface area (Å²) in [4.78, 5) is 40.3. The number of phenolic OH excluding ortho intramolecular Hbond substituents is 1. The van der Waals surface area contributed by atoms with Crippen molar-refractivity contribution in [2.75, 3.05) is 33.9 Å².